The summed E-state index contributed by atoms with van der Waals surface area (Å²) in [5, 5.41) is 10.6. The van der Waals surface area contributed by atoms with Crippen LogP contribution in [0.2, 0.25) is 0 Å². The number of likely N-dealkylation sites (tertiary alicyclic amines) is 2. The van der Waals surface area contributed by atoms with Gasteiger partial charge in [-0.15, -0.1) is 35.3 Å². The van der Waals surface area contributed by atoms with Crippen LogP contribution in [0.4, 0.5) is 0 Å². The molecule has 1 aromatic heterocycles. The first-order valence-corrected chi connectivity index (χ1v) is 11.9. The fourth-order valence-corrected chi connectivity index (χ4v) is 4.91. The van der Waals surface area contributed by atoms with Gasteiger partial charge in [0.1, 0.15) is 0 Å². The van der Waals surface area contributed by atoms with Crippen molar-refractivity contribution in [3.63, 3.8) is 0 Å². The van der Waals surface area contributed by atoms with Gasteiger partial charge in [0.15, 0.2) is 5.96 Å². The Hall–Kier alpha value is -0.710. The largest absolute Gasteiger partial charge is 0.356 e. The Morgan fingerprint density at radius 1 is 1.20 bits per heavy atom. The summed E-state index contributed by atoms with van der Waals surface area (Å²) in [6.07, 6.45) is 4.82. The molecule has 0 aromatic carbocycles. The number of guanidine groups is 1. The summed E-state index contributed by atoms with van der Waals surface area (Å²) in [4.78, 5) is 14.1. The van der Waals surface area contributed by atoms with E-state index in [1.54, 1.807) is 11.3 Å². The fraction of sp³-hybridized carbons (Fsp3) is 0.727. The molecular weight excluding hydrogens is 507 g/mol. The number of rotatable bonds is 7. The highest BCUT2D eigenvalue weighted by atomic mass is 127. The first kappa shape index (κ1) is 25.5. The summed E-state index contributed by atoms with van der Waals surface area (Å²) >= 11 is 1.75. The zero-order valence-corrected chi connectivity index (χ0v) is 22.0. The Bertz CT molecular complexity index is 675. The number of aliphatic imine (C=N–C) groups is 1. The van der Waals surface area contributed by atoms with Crippen LogP contribution in [0.15, 0.2) is 22.5 Å². The van der Waals surface area contributed by atoms with Crippen molar-refractivity contribution >= 4 is 41.3 Å². The smallest absolute Gasteiger partial charge is 0.191 e. The molecule has 0 saturated carbocycles. The predicted molar refractivity (Wildman–Crippen MR) is 139 cm³/mol. The van der Waals surface area contributed by atoms with E-state index in [9.17, 15) is 0 Å². The Labute approximate surface area is 203 Å². The van der Waals surface area contributed by atoms with Crippen molar-refractivity contribution < 1.29 is 0 Å². The molecule has 30 heavy (non-hydrogen) atoms. The number of hydrogen-bond acceptors (Lipinski definition) is 5. The molecule has 2 N–H and O–H groups in total. The minimum absolute atomic E-state index is 0. The quantitative estimate of drug-likeness (QED) is 0.238. The van der Waals surface area contributed by atoms with Gasteiger partial charge in [-0.3, -0.25) is 14.8 Å². The fourth-order valence-electron chi connectivity index (χ4n) is 4.30. The number of nitrogens with zero attached hydrogens (tertiary/aromatic N) is 4. The van der Waals surface area contributed by atoms with Crippen molar-refractivity contribution in [2.24, 2.45) is 10.9 Å². The van der Waals surface area contributed by atoms with Crippen LogP contribution in [0.1, 0.15) is 43.3 Å². The molecule has 8 heteroatoms. The monoisotopic (exact) mass is 546 g/mol. The van der Waals surface area contributed by atoms with Gasteiger partial charge >= 0.3 is 0 Å². The molecule has 0 bridgehead atoms. The normalized spacial score (nSPS) is 20.0. The zero-order chi connectivity index (χ0) is 20.6. The molecule has 170 valence electrons. The number of nitrogens with one attached hydrogen (secondary N) is 2. The molecule has 0 atom stereocenters. The summed E-state index contributed by atoms with van der Waals surface area (Å²) in [6.45, 7) is 15.9. The molecule has 6 nitrogen and oxygen atoms in total. The minimum atomic E-state index is 0. The number of piperidine rings is 2. The molecule has 0 unspecified atom stereocenters. The highest BCUT2D eigenvalue weighted by molar-refractivity contribution is 14.0. The van der Waals surface area contributed by atoms with E-state index < -0.39 is 0 Å². The number of thiazole rings is 1. The van der Waals surface area contributed by atoms with Gasteiger partial charge in [-0.1, -0.05) is 12.2 Å². The molecule has 0 amide bonds. The molecule has 2 saturated heterocycles. The lowest BCUT2D eigenvalue weighted by Crippen LogP contribution is -2.50. The Kier molecular flexibility index (Phi) is 11.1. The van der Waals surface area contributed by atoms with Crippen LogP contribution in [0.5, 0.6) is 0 Å². The van der Waals surface area contributed by atoms with Gasteiger partial charge in [-0.2, -0.15) is 0 Å². The Balaban J connectivity index is 0.00000320. The van der Waals surface area contributed by atoms with Crippen LogP contribution in [0.3, 0.4) is 0 Å². The standard InChI is InChI=1S/C22H38N6S.HI/c1-17(2)14-27-11-7-20(8-12-27)26-22(23-4)24-13-19-5-9-28(10-6-19)15-21-16-29-18(3)25-21;/h16,19-20H,1,5-15H2,2-4H3,(H2,23,24,26);1H. The Morgan fingerprint density at radius 2 is 1.87 bits per heavy atom. The second-order valence-electron chi connectivity index (χ2n) is 8.68. The van der Waals surface area contributed by atoms with Crippen molar-refractivity contribution in [2.45, 2.75) is 52.1 Å². The van der Waals surface area contributed by atoms with Gasteiger partial charge in [-0.05, 0) is 58.5 Å². The van der Waals surface area contributed by atoms with Gasteiger partial charge < -0.3 is 10.6 Å². The average Bonchev–Trinajstić information content (AvgIpc) is 3.12. The van der Waals surface area contributed by atoms with Gasteiger partial charge in [0.25, 0.3) is 0 Å². The number of aryl methyl sites for hydroxylation is 1. The van der Waals surface area contributed by atoms with Crippen LogP contribution in [0.25, 0.3) is 0 Å². The molecule has 2 aliphatic heterocycles. The second kappa shape index (κ2) is 13.0. The van der Waals surface area contributed by atoms with E-state index in [0.29, 0.717) is 6.04 Å². The maximum absolute atomic E-state index is 4.60. The van der Waals surface area contributed by atoms with Crippen molar-refractivity contribution in [2.75, 3.05) is 46.3 Å². The first-order valence-electron chi connectivity index (χ1n) is 11.0. The predicted octanol–water partition coefficient (Wildman–Crippen LogP) is 3.49. The lowest BCUT2D eigenvalue weighted by Gasteiger charge is -2.34. The lowest BCUT2D eigenvalue weighted by molar-refractivity contribution is 0.176. The van der Waals surface area contributed by atoms with E-state index in [2.05, 4.69) is 56.2 Å². The number of hydrogen-bond donors (Lipinski definition) is 2. The van der Waals surface area contributed by atoms with Gasteiger partial charge in [0.2, 0.25) is 0 Å². The van der Waals surface area contributed by atoms with Crippen LogP contribution < -0.4 is 10.6 Å². The molecule has 0 spiro atoms. The highest BCUT2D eigenvalue weighted by Crippen LogP contribution is 2.19. The Morgan fingerprint density at radius 3 is 2.43 bits per heavy atom. The topological polar surface area (TPSA) is 55.8 Å². The minimum Gasteiger partial charge on any atom is -0.356 e. The summed E-state index contributed by atoms with van der Waals surface area (Å²) < 4.78 is 0. The molecular formula is C22H39IN6S. The van der Waals surface area contributed by atoms with E-state index in [4.69, 9.17) is 0 Å². The molecule has 0 aliphatic carbocycles. The summed E-state index contributed by atoms with van der Waals surface area (Å²) in [6, 6.07) is 0.519. The molecule has 2 aliphatic rings. The number of halogens is 1. The van der Waals surface area contributed by atoms with Crippen LogP contribution >= 0.6 is 35.3 Å². The zero-order valence-electron chi connectivity index (χ0n) is 18.8. The van der Waals surface area contributed by atoms with Crippen LogP contribution in [-0.4, -0.2) is 73.1 Å². The third kappa shape index (κ3) is 8.43. The third-order valence-electron chi connectivity index (χ3n) is 5.96. The molecule has 3 heterocycles. The summed E-state index contributed by atoms with van der Waals surface area (Å²) in [7, 11) is 1.88. The van der Waals surface area contributed by atoms with Gasteiger partial charge in [-0.25, -0.2) is 4.98 Å². The van der Waals surface area contributed by atoms with E-state index in [1.807, 2.05) is 7.05 Å². The maximum Gasteiger partial charge on any atom is 0.191 e. The van der Waals surface area contributed by atoms with E-state index >= 15 is 0 Å². The SMILES string of the molecule is C=C(C)CN1CCC(NC(=NC)NCC2CCN(Cc3csc(C)n3)CC2)CC1.I. The van der Waals surface area contributed by atoms with Crippen LogP contribution in [0, 0.1) is 12.8 Å². The first-order chi connectivity index (χ1) is 14.0. The molecule has 1 aromatic rings. The van der Waals surface area contributed by atoms with Crippen molar-refractivity contribution in [3.05, 3.63) is 28.2 Å². The van der Waals surface area contributed by atoms with E-state index in [-0.39, 0.29) is 24.0 Å². The van der Waals surface area contributed by atoms with Gasteiger partial charge in [0, 0.05) is 51.2 Å². The lowest BCUT2D eigenvalue weighted by atomic mass is 9.97. The van der Waals surface area contributed by atoms with Crippen molar-refractivity contribution in [3.8, 4) is 0 Å². The van der Waals surface area contributed by atoms with E-state index in [1.165, 1.54) is 42.0 Å². The number of aromatic nitrogens is 1. The third-order valence-corrected chi connectivity index (χ3v) is 6.79. The molecule has 2 fully saturated rings. The van der Waals surface area contributed by atoms with E-state index in [0.717, 1.165) is 57.7 Å². The van der Waals surface area contributed by atoms with Crippen molar-refractivity contribution in [1.82, 2.24) is 25.4 Å². The second-order valence-corrected chi connectivity index (χ2v) is 9.74. The highest BCUT2D eigenvalue weighted by Gasteiger charge is 2.22. The van der Waals surface area contributed by atoms with Crippen LogP contribution in [-0.2, 0) is 6.54 Å². The van der Waals surface area contributed by atoms with Crippen molar-refractivity contribution in [1.29, 1.82) is 0 Å². The molecule has 0 radical (unpaired) electrons. The average molecular weight is 547 g/mol. The summed E-state index contributed by atoms with van der Waals surface area (Å²) in [5.41, 5.74) is 2.48. The molecule has 3 rings (SSSR count). The maximum atomic E-state index is 4.60. The van der Waals surface area contributed by atoms with Gasteiger partial charge in [0.05, 0.1) is 10.7 Å². The summed E-state index contributed by atoms with van der Waals surface area (Å²) in [5.74, 6) is 1.68.